The van der Waals surface area contributed by atoms with E-state index in [0.717, 1.165) is 6.42 Å². The first-order valence-corrected chi connectivity index (χ1v) is 7.36. The highest BCUT2D eigenvalue weighted by atomic mass is 16.4. The van der Waals surface area contributed by atoms with Crippen molar-refractivity contribution < 1.29 is 9.90 Å². The zero-order valence-electron chi connectivity index (χ0n) is 12.5. The quantitative estimate of drug-likeness (QED) is 0.924. The van der Waals surface area contributed by atoms with Gasteiger partial charge in [0.05, 0.1) is 5.56 Å². The molecule has 1 aliphatic rings. The van der Waals surface area contributed by atoms with Crippen LogP contribution in [0.5, 0.6) is 0 Å². The maximum Gasteiger partial charge on any atom is 0.337 e. The fraction of sp³-hybridized carbons (Fsp3) is 0.625. The van der Waals surface area contributed by atoms with E-state index >= 15 is 0 Å². The zero-order valence-corrected chi connectivity index (χ0v) is 12.5. The standard InChI is InChI=1S/C16H23NO3/c1-10-6-4-5-7-13(10)9-17-12(3)15(16(19)20)11(2)8-14(17)18/h8,10,13H,4-7,9H2,1-3H3,(H,19,20). The van der Waals surface area contributed by atoms with Crippen LogP contribution in [0.15, 0.2) is 10.9 Å². The minimum Gasteiger partial charge on any atom is -0.478 e. The maximum atomic E-state index is 12.2. The van der Waals surface area contributed by atoms with E-state index in [1.54, 1.807) is 18.4 Å². The molecule has 1 aromatic heterocycles. The molecule has 0 amide bonds. The summed E-state index contributed by atoms with van der Waals surface area (Å²) < 4.78 is 1.66. The summed E-state index contributed by atoms with van der Waals surface area (Å²) in [6, 6.07) is 1.45. The molecule has 4 heteroatoms. The smallest absolute Gasteiger partial charge is 0.337 e. The Morgan fingerprint density at radius 2 is 2.00 bits per heavy atom. The van der Waals surface area contributed by atoms with E-state index in [1.165, 1.54) is 25.3 Å². The van der Waals surface area contributed by atoms with E-state index in [-0.39, 0.29) is 11.1 Å². The number of aromatic carboxylic acids is 1. The van der Waals surface area contributed by atoms with Crippen molar-refractivity contribution in [1.29, 1.82) is 0 Å². The van der Waals surface area contributed by atoms with Crippen LogP contribution >= 0.6 is 0 Å². The van der Waals surface area contributed by atoms with Gasteiger partial charge in [-0.2, -0.15) is 0 Å². The topological polar surface area (TPSA) is 59.3 Å². The number of carbonyl (C=O) groups is 1. The average molecular weight is 277 g/mol. The lowest BCUT2D eigenvalue weighted by Gasteiger charge is -2.30. The third-order valence-corrected chi connectivity index (χ3v) is 4.69. The molecule has 1 heterocycles. The van der Waals surface area contributed by atoms with Crippen molar-refractivity contribution in [2.45, 2.75) is 53.0 Å². The summed E-state index contributed by atoms with van der Waals surface area (Å²) in [5.74, 6) is 0.125. The minimum absolute atomic E-state index is 0.0808. The first-order chi connectivity index (χ1) is 9.41. The molecule has 0 spiro atoms. The molecule has 110 valence electrons. The first-order valence-electron chi connectivity index (χ1n) is 7.36. The van der Waals surface area contributed by atoms with Gasteiger partial charge in [-0.25, -0.2) is 4.79 Å². The number of pyridine rings is 1. The highest BCUT2D eigenvalue weighted by molar-refractivity contribution is 5.90. The van der Waals surface area contributed by atoms with E-state index in [9.17, 15) is 14.7 Å². The highest BCUT2D eigenvalue weighted by Crippen LogP contribution is 2.30. The van der Waals surface area contributed by atoms with Gasteiger partial charge in [-0.1, -0.05) is 26.2 Å². The first kappa shape index (κ1) is 14.8. The molecule has 1 aromatic rings. The SMILES string of the molecule is Cc1cc(=O)n(CC2CCCCC2C)c(C)c1C(=O)O. The second-order valence-corrected chi connectivity index (χ2v) is 6.06. The number of aromatic nitrogens is 1. The van der Waals surface area contributed by atoms with Crippen molar-refractivity contribution in [3.63, 3.8) is 0 Å². The van der Waals surface area contributed by atoms with E-state index in [0.29, 0.717) is 29.6 Å². The molecule has 2 atom stereocenters. The van der Waals surface area contributed by atoms with Crippen LogP contribution in [0.4, 0.5) is 0 Å². The van der Waals surface area contributed by atoms with Crippen molar-refractivity contribution in [2.24, 2.45) is 11.8 Å². The van der Waals surface area contributed by atoms with Crippen LogP contribution in [-0.2, 0) is 6.54 Å². The number of rotatable bonds is 3. The van der Waals surface area contributed by atoms with Crippen LogP contribution in [0.1, 0.15) is 54.2 Å². The third kappa shape index (κ3) is 2.79. The molecular weight excluding hydrogens is 254 g/mol. The van der Waals surface area contributed by atoms with Gasteiger partial charge in [0.15, 0.2) is 0 Å². The van der Waals surface area contributed by atoms with Crippen LogP contribution < -0.4 is 5.56 Å². The lowest BCUT2D eigenvalue weighted by Crippen LogP contribution is -2.31. The van der Waals surface area contributed by atoms with Gasteiger partial charge in [0, 0.05) is 18.3 Å². The normalized spacial score (nSPS) is 22.8. The Balaban J connectivity index is 2.38. The summed E-state index contributed by atoms with van der Waals surface area (Å²) in [5.41, 5.74) is 1.32. The Morgan fingerprint density at radius 1 is 1.35 bits per heavy atom. The molecular formula is C16H23NO3. The van der Waals surface area contributed by atoms with E-state index < -0.39 is 5.97 Å². The largest absolute Gasteiger partial charge is 0.478 e. The predicted octanol–water partition coefficient (Wildman–Crippen LogP) is 2.99. The average Bonchev–Trinajstić information content (AvgIpc) is 2.35. The van der Waals surface area contributed by atoms with Crippen LogP contribution in [0.25, 0.3) is 0 Å². The van der Waals surface area contributed by atoms with Crippen LogP contribution in [0.3, 0.4) is 0 Å². The Hall–Kier alpha value is -1.58. The molecule has 1 aliphatic carbocycles. The third-order valence-electron chi connectivity index (χ3n) is 4.69. The Bertz CT molecular complexity index is 574. The van der Waals surface area contributed by atoms with Crippen LogP contribution in [-0.4, -0.2) is 15.6 Å². The van der Waals surface area contributed by atoms with Crippen LogP contribution in [0, 0.1) is 25.7 Å². The lowest BCUT2D eigenvalue weighted by atomic mass is 9.80. The van der Waals surface area contributed by atoms with E-state index in [2.05, 4.69) is 6.92 Å². The fourth-order valence-electron chi connectivity index (χ4n) is 3.37. The van der Waals surface area contributed by atoms with Gasteiger partial charge in [0.2, 0.25) is 0 Å². The molecule has 0 aromatic carbocycles. The molecule has 1 N–H and O–H groups in total. The van der Waals surface area contributed by atoms with Crippen molar-refractivity contribution >= 4 is 5.97 Å². The number of carboxylic acids is 1. The van der Waals surface area contributed by atoms with E-state index in [1.807, 2.05) is 0 Å². The lowest BCUT2D eigenvalue weighted by molar-refractivity contribution is 0.0693. The van der Waals surface area contributed by atoms with Gasteiger partial charge in [0.25, 0.3) is 5.56 Å². The maximum absolute atomic E-state index is 12.2. The molecule has 2 rings (SSSR count). The van der Waals surface area contributed by atoms with Crippen molar-refractivity contribution in [3.8, 4) is 0 Å². The Labute approximate surface area is 119 Å². The van der Waals surface area contributed by atoms with Gasteiger partial charge in [-0.3, -0.25) is 4.79 Å². The molecule has 20 heavy (non-hydrogen) atoms. The summed E-state index contributed by atoms with van der Waals surface area (Å²) in [4.78, 5) is 23.5. The van der Waals surface area contributed by atoms with Gasteiger partial charge in [-0.05, 0) is 37.7 Å². The Morgan fingerprint density at radius 3 is 2.60 bits per heavy atom. The molecule has 1 fully saturated rings. The number of carboxylic acid groups (broad SMARTS) is 1. The molecule has 0 radical (unpaired) electrons. The fourth-order valence-corrected chi connectivity index (χ4v) is 3.37. The summed E-state index contributed by atoms with van der Waals surface area (Å²) >= 11 is 0. The molecule has 0 saturated heterocycles. The monoisotopic (exact) mass is 277 g/mol. The molecule has 0 aliphatic heterocycles. The summed E-state index contributed by atoms with van der Waals surface area (Å²) in [5, 5.41) is 9.30. The molecule has 2 unspecified atom stereocenters. The number of nitrogens with zero attached hydrogens (tertiary/aromatic N) is 1. The second kappa shape index (κ2) is 5.81. The highest BCUT2D eigenvalue weighted by Gasteiger charge is 2.24. The van der Waals surface area contributed by atoms with Gasteiger partial charge in [0.1, 0.15) is 0 Å². The van der Waals surface area contributed by atoms with Crippen molar-refractivity contribution in [1.82, 2.24) is 4.57 Å². The van der Waals surface area contributed by atoms with Crippen LogP contribution in [0.2, 0.25) is 0 Å². The second-order valence-electron chi connectivity index (χ2n) is 6.06. The molecule has 0 bridgehead atoms. The number of hydrogen-bond donors (Lipinski definition) is 1. The predicted molar refractivity (Wildman–Crippen MR) is 78.3 cm³/mol. The Kier molecular flexibility index (Phi) is 4.31. The van der Waals surface area contributed by atoms with Gasteiger partial charge >= 0.3 is 5.97 Å². The summed E-state index contributed by atoms with van der Waals surface area (Å²) in [7, 11) is 0. The number of aryl methyl sites for hydroxylation is 1. The summed E-state index contributed by atoms with van der Waals surface area (Å²) in [6.45, 7) is 6.31. The minimum atomic E-state index is -0.953. The molecule has 1 saturated carbocycles. The number of hydrogen-bond acceptors (Lipinski definition) is 2. The summed E-state index contributed by atoms with van der Waals surface area (Å²) in [6.07, 6.45) is 4.81. The van der Waals surface area contributed by atoms with Gasteiger partial charge < -0.3 is 9.67 Å². The zero-order chi connectivity index (χ0) is 14.9. The van der Waals surface area contributed by atoms with Crippen molar-refractivity contribution in [2.75, 3.05) is 0 Å². The van der Waals surface area contributed by atoms with Crippen molar-refractivity contribution in [3.05, 3.63) is 33.2 Å². The van der Waals surface area contributed by atoms with E-state index in [4.69, 9.17) is 0 Å². The molecule has 4 nitrogen and oxygen atoms in total. The van der Waals surface area contributed by atoms with Gasteiger partial charge in [-0.15, -0.1) is 0 Å².